The van der Waals surface area contributed by atoms with E-state index in [0.29, 0.717) is 0 Å². The summed E-state index contributed by atoms with van der Waals surface area (Å²) in [5, 5.41) is 0. The molecule has 0 aromatic carbocycles. The van der Waals surface area contributed by atoms with Crippen molar-refractivity contribution in [2.75, 3.05) is 6.61 Å². The van der Waals surface area contributed by atoms with Crippen molar-refractivity contribution >= 4 is 8.17 Å². The molecule has 0 radical (unpaired) electrons. The molecule has 0 atom stereocenters. The third kappa shape index (κ3) is 8.15. The maximum absolute atomic E-state index is 8.24. The minimum atomic E-state index is -4.51. The van der Waals surface area contributed by atoms with Crippen LogP contribution in [0.5, 0.6) is 0 Å². The standard InChI is InChI=1S/C2H12N3O4P/c3-2(4,5)1-9-10(6,7)8/h6-8,10H,1,3-5H2. The van der Waals surface area contributed by atoms with Gasteiger partial charge in [-0.1, -0.05) is 0 Å². The van der Waals surface area contributed by atoms with Crippen LogP contribution in [0.25, 0.3) is 0 Å². The molecule has 0 unspecified atom stereocenters. The fourth-order valence-corrected chi connectivity index (χ4v) is 0.665. The van der Waals surface area contributed by atoms with E-state index in [9.17, 15) is 0 Å². The van der Waals surface area contributed by atoms with Crippen LogP contribution >= 0.6 is 8.17 Å². The minimum absolute atomic E-state index is 0.525. The normalized spacial score (nSPS) is 15.4. The number of hydrogen-bond acceptors (Lipinski definition) is 7. The number of rotatable bonds is 3. The molecular weight excluding hydrogens is 161 g/mol. The second kappa shape index (κ2) is 3.04. The van der Waals surface area contributed by atoms with E-state index in [1.165, 1.54) is 0 Å². The van der Waals surface area contributed by atoms with E-state index in [-0.39, 0.29) is 0 Å². The molecule has 0 aromatic rings. The second-order valence-corrected chi connectivity index (χ2v) is 3.41. The summed E-state index contributed by atoms with van der Waals surface area (Å²) < 4.78 is 4.02. The SMILES string of the molecule is NC(N)(N)CO[PH](O)(O)O. The van der Waals surface area contributed by atoms with Gasteiger partial charge in [-0.3, -0.25) is 0 Å². The van der Waals surface area contributed by atoms with E-state index < -0.39 is 20.6 Å². The van der Waals surface area contributed by atoms with Crippen molar-refractivity contribution < 1.29 is 19.2 Å². The molecule has 7 nitrogen and oxygen atoms in total. The Hall–Kier alpha value is 0.150. The van der Waals surface area contributed by atoms with Gasteiger partial charge in [-0.15, -0.1) is 0 Å². The van der Waals surface area contributed by atoms with Gasteiger partial charge in [0.1, 0.15) is 0 Å². The third-order valence-corrected chi connectivity index (χ3v) is 1.05. The van der Waals surface area contributed by atoms with Crippen LogP contribution in [0.2, 0.25) is 0 Å². The molecule has 10 heavy (non-hydrogen) atoms. The van der Waals surface area contributed by atoms with E-state index in [1.54, 1.807) is 0 Å². The van der Waals surface area contributed by atoms with Crippen LogP contribution in [0.15, 0.2) is 0 Å². The van der Waals surface area contributed by atoms with Crippen molar-refractivity contribution in [3.63, 3.8) is 0 Å². The van der Waals surface area contributed by atoms with Gasteiger partial charge in [-0.25, -0.2) is 0 Å². The van der Waals surface area contributed by atoms with Crippen LogP contribution in [0.3, 0.4) is 0 Å². The summed E-state index contributed by atoms with van der Waals surface area (Å²) in [6, 6.07) is 0. The predicted molar refractivity (Wildman–Crippen MR) is 36.2 cm³/mol. The van der Waals surface area contributed by atoms with Gasteiger partial charge in [-0.05, 0) is 0 Å². The van der Waals surface area contributed by atoms with Crippen molar-refractivity contribution in [1.82, 2.24) is 0 Å². The van der Waals surface area contributed by atoms with Crippen molar-refractivity contribution in [3.05, 3.63) is 0 Å². The molecule has 64 valence electrons. The van der Waals surface area contributed by atoms with Gasteiger partial charge >= 0.3 is 57.0 Å². The molecule has 0 amide bonds. The molecule has 0 saturated heterocycles. The summed E-state index contributed by atoms with van der Waals surface area (Å²) in [5.74, 6) is -1.66. The van der Waals surface area contributed by atoms with Crippen molar-refractivity contribution in [1.29, 1.82) is 0 Å². The Balaban J connectivity index is 3.56. The zero-order valence-corrected chi connectivity index (χ0v) is 6.19. The number of hydrogen-bond donors (Lipinski definition) is 6. The zero-order chi connectivity index (χ0) is 8.41. The first kappa shape index (κ1) is 10.2. The van der Waals surface area contributed by atoms with Crippen LogP contribution in [0.1, 0.15) is 0 Å². The summed E-state index contributed by atoms with van der Waals surface area (Å²) in [4.78, 5) is 24.7. The molecule has 0 rings (SSSR count). The van der Waals surface area contributed by atoms with Crippen molar-refractivity contribution in [3.8, 4) is 0 Å². The van der Waals surface area contributed by atoms with Crippen LogP contribution in [-0.2, 0) is 4.52 Å². The average molecular weight is 173 g/mol. The first-order chi connectivity index (χ1) is 4.21. The Bertz CT molecular complexity index is 92.1. The molecule has 0 fully saturated rings. The Morgan fingerprint density at radius 2 is 1.60 bits per heavy atom. The van der Waals surface area contributed by atoms with Crippen molar-refractivity contribution in [2.45, 2.75) is 5.79 Å². The predicted octanol–water partition coefficient (Wildman–Crippen LogP) is -3.08. The van der Waals surface area contributed by atoms with Gasteiger partial charge in [0.15, 0.2) is 0 Å². The van der Waals surface area contributed by atoms with Crippen molar-refractivity contribution in [2.24, 2.45) is 17.2 Å². The zero-order valence-electron chi connectivity index (χ0n) is 5.19. The molecular formula is C2H12N3O4P. The van der Waals surface area contributed by atoms with Gasteiger partial charge in [-0.2, -0.15) is 0 Å². The Labute approximate surface area is 58.1 Å². The fourth-order valence-electron chi connectivity index (χ4n) is 0.222. The van der Waals surface area contributed by atoms with E-state index in [2.05, 4.69) is 4.52 Å². The average Bonchev–Trinajstić information content (AvgIpc) is 1.57. The molecule has 0 aliphatic rings. The fraction of sp³-hybridized carbons (Fsp3) is 1.00. The van der Waals surface area contributed by atoms with Crippen LogP contribution in [0.4, 0.5) is 0 Å². The second-order valence-electron chi connectivity index (χ2n) is 1.97. The van der Waals surface area contributed by atoms with Crippen LogP contribution in [-0.4, -0.2) is 27.1 Å². The topological polar surface area (TPSA) is 148 Å². The molecule has 8 heteroatoms. The summed E-state index contributed by atoms with van der Waals surface area (Å²) >= 11 is 0. The first-order valence-electron chi connectivity index (χ1n) is 2.38. The van der Waals surface area contributed by atoms with Crippen LogP contribution < -0.4 is 17.2 Å². The van der Waals surface area contributed by atoms with E-state index in [1.807, 2.05) is 0 Å². The Morgan fingerprint density at radius 3 is 1.70 bits per heavy atom. The van der Waals surface area contributed by atoms with Crippen LogP contribution in [0, 0.1) is 0 Å². The summed E-state index contributed by atoms with van der Waals surface area (Å²) in [6.45, 7) is -0.525. The molecule has 0 aliphatic heterocycles. The van der Waals surface area contributed by atoms with E-state index in [0.717, 1.165) is 0 Å². The van der Waals surface area contributed by atoms with Gasteiger partial charge in [0.25, 0.3) is 0 Å². The summed E-state index contributed by atoms with van der Waals surface area (Å²) in [7, 11) is -4.51. The van der Waals surface area contributed by atoms with Gasteiger partial charge in [0, 0.05) is 0 Å². The molecule has 0 saturated carbocycles. The summed E-state index contributed by atoms with van der Waals surface area (Å²) in [6.07, 6.45) is 0. The van der Waals surface area contributed by atoms with E-state index in [4.69, 9.17) is 31.9 Å². The first-order valence-corrected chi connectivity index (χ1v) is 4.13. The molecule has 0 aliphatic carbocycles. The number of nitrogens with two attached hydrogens (primary N) is 3. The Morgan fingerprint density at radius 1 is 1.20 bits per heavy atom. The maximum atomic E-state index is 8.24. The molecule has 0 spiro atoms. The molecule has 0 heterocycles. The molecule has 0 bridgehead atoms. The quantitative estimate of drug-likeness (QED) is 0.196. The molecule has 0 aromatic heterocycles. The van der Waals surface area contributed by atoms with Gasteiger partial charge in [0.2, 0.25) is 0 Å². The van der Waals surface area contributed by atoms with Gasteiger partial charge in [0.05, 0.1) is 0 Å². The monoisotopic (exact) mass is 173 g/mol. The Kier molecular flexibility index (Phi) is 3.08. The molecule has 9 N–H and O–H groups in total. The third-order valence-electron chi connectivity index (χ3n) is 0.516. The van der Waals surface area contributed by atoms with E-state index >= 15 is 0 Å². The van der Waals surface area contributed by atoms with Gasteiger partial charge < -0.3 is 0 Å². The summed E-state index contributed by atoms with van der Waals surface area (Å²) in [5.41, 5.74) is 14.9.